The summed E-state index contributed by atoms with van der Waals surface area (Å²) >= 11 is 0. The molecule has 0 aromatic heterocycles. The van der Waals surface area contributed by atoms with Gasteiger partial charge in [0.25, 0.3) is 11.8 Å². The van der Waals surface area contributed by atoms with Crippen molar-refractivity contribution in [1.82, 2.24) is 4.90 Å². The molecule has 2 amide bonds. The van der Waals surface area contributed by atoms with Gasteiger partial charge in [-0.1, -0.05) is 51.5 Å². The van der Waals surface area contributed by atoms with E-state index in [4.69, 9.17) is 0 Å². The summed E-state index contributed by atoms with van der Waals surface area (Å²) in [7, 11) is 0. The Kier molecular flexibility index (Phi) is 5.14. The molecule has 1 aromatic rings. The number of carbonyl (C=O) groups excluding carboxylic acids is 2. The predicted octanol–water partition coefficient (Wildman–Crippen LogP) is 4.74. The molecule has 0 bridgehead atoms. The van der Waals surface area contributed by atoms with E-state index in [-0.39, 0.29) is 17.9 Å². The van der Waals surface area contributed by atoms with Crippen molar-refractivity contribution in [3.05, 3.63) is 34.9 Å². The lowest BCUT2D eigenvalue weighted by atomic mass is 9.94. The minimum absolute atomic E-state index is 0.0627. The minimum atomic E-state index is -0.0746. The maximum absolute atomic E-state index is 12.7. The largest absolute Gasteiger partial charge is 0.271 e. The lowest BCUT2D eigenvalue weighted by Crippen LogP contribution is -2.40. The van der Waals surface area contributed by atoms with Crippen LogP contribution in [0.2, 0.25) is 0 Å². The molecule has 1 aromatic carbocycles. The van der Waals surface area contributed by atoms with E-state index in [0.717, 1.165) is 38.5 Å². The van der Waals surface area contributed by atoms with Gasteiger partial charge in [0, 0.05) is 6.04 Å². The summed E-state index contributed by atoms with van der Waals surface area (Å²) in [6.45, 7) is 2.21. The molecule has 124 valence electrons. The summed E-state index contributed by atoms with van der Waals surface area (Å²) in [5.74, 6) is -0.137. The standard InChI is InChI=1S/C20H27NO2/c1-2-3-4-6-9-15-12-13-17-18(14-15)20(23)21(19(17)22)16-10-7-5-8-11-16/h12-14,16H,2-11H2,1H3. The zero-order valence-electron chi connectivity index (χ0n) is 14.1. The third kappa shape index (κ3) is 3.34. The molecule has 0 unspecified atom stereocenters. The van der Waals surface area contributed by atoms with Crippen LogP contribution in [0.15, 0.2) is 18.2 Å². The molecule has 3 rings (SSSR count). The van der Waals surface area contributed by atoms with Crippen LogP contribution in [0.4, 0.5) is 0 Å². The van der Waals surface area contributed by atoms with E-state index >= 15 is 0 Å². The van der Waals surface area contributed by atoms with Crippen molar-refractivity contribution in [3.8, 4) is 0 Å². The van der Waals surface area contributed by atoms with Crippen molar-refractivity contribution in [3.63, 3.8) is 0 Å². The van der Waals surface area contributed by atoms with Crippen molar-refractivity contribution in [2.75, 3.05) is 0 Å². The van der Waals surface area contributed by atoms with E-state index in [1.165, 1.54) is 31.2 Å². The number of nitrogens with zero attached hydrogens (tertiary/aromatic N) is 1. The smallest absolute Gasteiger partial charge is 0.261 e. The van der Waals surface area contributed by atoms with Crippen LogP contribution in [-0.4, -0.2) is 22.8 Å². The molecular formula is C20H27NO2. The summed E-state index contributed by atoms with van der Waals surface area (Å²) in [6, 6.07) is 5.97. The van der Waals surface area contributed by atoms with Gasteiger partial charge >= 0.3 is 0 Å². The Balaban J connectivity index is 1.73. The fourth-order valence-corrected chi connectivity index (χ4v) is 3.89. The second-order valence-electron chi connectivity index (χ2n) is 6.96. The number of amides is 2. The quantitative estimate of drug-likeness (QED) is 0.562. The third-order valence-corrected chi connectivity index (χ3v) is 5.24. The average Bonchev–Trinajstić information content (AvgIpc) is 2.83. The van der Waals surface area contributed by atoms with Crippen LogP contribution in [0.5, 0.6) is 0 Å². The first-order valence-corrected chi connectivity index (χ1v) is 9.23. The highest BCUT2D eigenvalue weighted by atomic mass is 16.2. The predicted molar refractivity (Wildman–Crippen MR) is 91.7 cm³/mol. The van der Waals surface area contributed by atoms with Gasteiger partial charge in [-0.15, -0.1) is 0 Å². The maximum atomic E-state index is 12.7. The number of carbonyl (C=O) groups is 2. The van der Waals surface area contributed by atoms with E-state index in [0.29, 0.717) is 11.1 Å². The summed E-state index contributed by atoms with van der Waals surface area (Å²) in [4.78, 5) is 26.9. The summed E-state index contributed by atoms with van der Waals surface area (Å²) < 4.78 is 0. The fraction of sp³-hybridized carbons (Fsp3) is 0.600. The summed E-state index contributed by atoms with van der Waals surface area (Å²) in [6.07, 6.45) is 11.3. The van der Waals surface area contributed by atoms with Gasteiger partial charge in [0.1, 0.15) is 0 Å². The van der Waals surface area contributed by atoms with Crippen molar-refractivity contribution in [2.24, 2.45) is 0 Å². The van der Waals surface area contributed by atoms with E-state index in [9.17, 15) is 9.59 Å². The van der Waals surface area contributed by atoms with E-state index in [2.05, 4.69) is 6.92 Å². The molecule has 1 aliphatic carbocycles. The highest BCUT2D eigenvalue weighted by molar-refractivity contribution is 6.21. The van der Waals surface area contributed by atoms with E-state index < -0.39 is 0 Å². The van der Waals surface area contributed by atoms with Crippen LogP contribution in [0.3, 0.4) is 0 Å². The molecule has 23 heavy (non-hydrogen) atoms. The van der Waals surface area contributed by atoms with E-state index in [1.54, 1.807) is 4.90 Å². The van der Waals surface area contributed by atoms with Crippen LogP contribution in [0, 0.1) is 0 Å². The second-order valence-corrected chi connectivity index (χ2v) is 6.96. The Labute approximate surface area is 139 Å². The van der Waals surface area contributed by atoms with Crippen molar-refractivity contribution >= 4 is 11.8 Å². The SMILES string of the molecule is CCCCCCc1ccc2c(c1)C(=O)N(C1CCCCC1)C2=O. The first kappa shape index (κ1) is 16.2. The van der Waals surface area contributed by atoms with Crippen molar-refractivity contribution < 1.29 is 9.59 Å². The lowest BCUT2D eigenvalue weighted by molar-refractivity contribution is 0.0549. The number of imide groups is 1. The Hall–Kier alpha value is -1.64. The molecule has 2 aliphatic rings. The van der Waals surface area contributed by atoms with Crippen LogP contribution in [0.25, 0.3) is 0 Å². The number of rotatable bonds is 6. The van der Waals surface area contributed by atoms with E-state index in [1.807, 2.05) is 18.2 Å². The van der Waals surface area contributed by atoms with Crippen LogP contribution < -0.4 is 0 Å². The summed E-state index contributed by atoms with van der Waals surface area (Å²) in [5, 5.41) is 0. The molecular weight excluding hydrogens is 286 g/mol. The second kappa shape index (κ2) is 7.29. The summed E-state index contributed by atoms with van der Waals surface area (Å²) in [5.41, 5.74) is 2.43. The van der Waals surface area contributed by atoms with Gasteiger partial charge in [-0.2, -0.15) is 0 Å². The average molecular weight is 313 g/mol. The number of benzene rings is 1. The Bertz CT molecular complexity index is 587. The monoisotopic (exact) mass is 313 g/mol. The Morgan fingerprint density at radius 2 is 1.70 bits per heavy atom. The first-order chi connectivity index (χ1) is 11.2. The molecule has 0 atom stereocenters. The van der Waals surface area contributed by atoms with Crippen LogP contribution >= 0.6 is 0 Å². The van der Waals surface area contributed by atoms with Gasteiger partial charge < -0.3 is 0 Å². The molecule has 3 heteroatoms. The number of aryl methyl sites for hydroxylation is 1. The zero-order chi connectivity index (χ0) is 16.2. The number of unbranched alkanes of at least 4 members (excludes halogenated alkanes) is 3. The number of hydrogen-bond acceptors (Lipinski definition) is 2. The molecule has 1 saturated carbocycles. The molecule has 0 saturated heterocycles. The Morgan fingerprint density at radius 1 is 0.957 bits per heavy atom. The molecule has 1 aliphatic heterocycles. The van der Waals surface area contributed by atoms with Crippen molar-refractivity contribution in [2.45, 2.75) is 77.2 Å². The zero-order valence-corrected chi connectivity index (χ0v) is 14.1. The van der Waals surface area contributed by atoms with Crippen molar-refractivity contribution in [1.29, 1.82) is 0 Å². The highest BCUT2D eigenvalue weighted by Crippen LogP contribution is 2.31. The van der Waals surface area contributed by atoms with Gasteiger partial charge in [0.15, 0.2) is 0 Å². The van der Waals surface area contributed by atoms with Crippen LogP contribution in [-0.2, 0) is 6.42 Å². The van der Waals surface area contributed by atoms with Gasteiger partial charge in [0.2, 0.25) is 0 Å². The molecule has 0 spiro atoms. The topological polar surface area (TPSA) is 37.4 Å². The van der Waals surface area contributed by atoms with Gasteiger partial charge in [-0.3, -0.25) is 14.5 Å². The van der Waals surface area contributed by atoms with Gasteiger partial charge in [0.05, 0.1) is 11.1 Å². The van der Waals surface area contributed by atoms with Gasteiger partial charge in [-0.05, 0) is 43.4 Å². The minimum Gasteiger partial charge on any atom is -0.271 e. The number of hydrogen-bond donors (Lipinski definition) is 0. The first-order valence-electron chi connectivity index (χ1n) is 9.23. The molecule has 3 nitrogen and oxygen atoms in total. The normalized spacial score (nSPS) is 18.6. The third-order valence-electron chi connectivity index (χ3n) is 5.24. The number of fused-ring (bicyclic) bond motifs is 1. The maximum Gasteiger partial charge on any atom is 0.261 e. The Morgan fingerprint density at radius 3 is 2.43 bits per heavy atom. The molecule has 0 radical (unpaired) electrons. The fourth-order valence-electron chi connectivity index (χ4n) is 3.89. The molecule has 0 N–H and O–H groups in total. The molecule has 1 fully saturated rings. The highest BCUT2D eigenvalue weighted by Gasteiger charge is 2.40. The lowest BCUT2D eigenvalue weighted by Gasteiger charge is -2.29. The van der Waals surface area contributed by atoms with Crippen LogP contribution in [0.1, 0.15) is 91.0 Å². The van der Waals surface area contributed by atoms with Gasteiger partial charge in [-0.25, -0.2) is 0 Å². The molecule has 1 heterocycles.